The van der Waals surface area contributed by atoms with Crippen molar-refractivity contribution in [3.05, 3.63) is 64.9 Å². The highest BCUT2D eigenvalue weighted by molar-refractivity contribution is 6.31. The molecule has 0 unspecified atom stereocenters. The quantitative estimate of drug-likeness (QED) is 0.627. The van der Waals surface area contributed by atoms with Crippen LogP contribution in [0.4, 0.5) is 4.39 Å². The lowest BCUT2D eigenvalue weighted by Gasteiger charge is -2.30. The molecule has 0 saturated carbocycles. The Bertz CT molecular complexity index is 831. The van der Waals surface area contributed by atoms with E-state index in [1.54, 1.807) is 30.3 Å². The van der Waals surface area contributed by atoms with E-state index in [1.807, 2.05) is 19.9 Å². The molecule has 5 nitrogen and oxygen atoms in total. The molecule has 2 aromatic carbocycles. The molecule has 0 saturated heterocycles. The van der Waals surface area contributed by atoms with Gasteiger partial charge in [0.2, 0.25) is 5.91 Å². The van der Waals surface area contributed by atoms with E-state index >= 15 is 0 Å². The minimum Gasteiger partial charge on any atom is -0.481 e. The second-order valence-corrected chi connectivity index (χ2v) is 6.95. The molecule has 0 heterocycles. The molecule has 0 bridgehead atoms. The Kier molecular flexibility index (Phi) is 8.93. The monoisotopic (exact) mass is 420 g/mol. The predicted octanol–water partition coefficient (Wildman–Crippen LogP) is 4.19. The van der Waals surface area contributed by atoms with Crippen LogP contribution in [0.3, 0.4) is 0 Å². The number of hydrogen-bond donors (Lipinski definition) is 1. The number of ether oxygens (including phenoxy) is 1. The minimum atomic E-state index is -0.686. The average Bonchev–Trinajstić information content (AvgIpc) is 2.72. The Morgan fingerprint density at radius 1 is 1.14 bits per heavy atom. The maximum Gasteiger partial charge on any atom is 0.261 e. The molecule has 1 N–H and O–H groups in total. The lowest BCUT2D eigenvalue weighted by atomic mass is 10.1. The molecule has 0 radical (unpaired) electrons. The van der Waals surface area contributed by atoms with Gasteiger partial charge in [0.25, 0.3) is 5.91 Å². The maximum atomic E-state index is 13.8. The first kappa shape index (κ1) is 22.7. The number of amides is 2. The number of carbonyl (C=O) groups excluding carboxylic acids is 2. The van der Waals surface area contributed by atoms with E-state index in [0.29, 0.717) is 18.0 Å². The molecule has 2 amide bonds. The van der Waals surface area contributed by atoms with E-state index < -0.39 is 17.8 Å². The summed E-state index contributed by atoms with van der Waals surface area (Å²) in [5.41, 5.74) is 0.718. The number of benzene rings is 2. The van der Waals surface area contributed by atoms with Gasteiger partial charge in [0.05, 0.1) is 0 Å². The fraction of sp³-hybridized carbons (Fsp3) is 0.364. The topological polar surface area (TPSA) is 58.6 Å². The zero-order valence-corrected chi connectivity index (χ0v) is 17.4. The normalized spacial score (nSPS) is 11.6. The second kappa shape index (κ2) is 11.4. The summed E-state index contributed by atoms with van der Waals surface area (Å²) < 4.78 is 19.2. The van der Waals surface area contributed by atoms with E-state index in [1.165, 1.54) is 17.0 Å². The molecule has 7 heteroatoms. The molecule has 156 valence electrons. The molecule has 1 atom stereocenters. The van der Waals surface area contributed by atoms with E-state index in [0.717, 1.165) is 12.0 Å². The number of hydrogen-bond acceptors (Lipinski definition) is 3. The highest BCUT2D eigenvalue weighted by atomic mass is 35.5. The van der Waals surface area contributed by atoms with Gasteiger partial charge < -0.3 is 15.0 Å². The van der Waals surface area contributed by atoms with Crippen LogP contribution < -0.4 is 10.1 Å². The Hall–Kier alpha value is -2.60. The minimum absolute atomic E-state index is 0.0120. The van der Waals surface area contributed by atoms with Crippen LogP contribution in [-0.2, 0) is 16.1 Å². The fourth-order valence-corrected chi connectivity index (χ4v) is 3.08. The number of halogens is 2. The van der Waals surface area contributed by atoms with E-state index in [-0.39, 0.29) is 24.8 Å². The van der Waals surface area contributed by atoms with Crippen molar-refractivity contribution < 1.29 is 18.7 Å². The zero-order valence-electron chi connectivity index (χ0n) is 16.7. The number of carbonyl (C=O) groups is 2. The summed E-state index contributed by atoms with van der Waals surface area (Å²) in [4.78, 5) is 27.1. The van der Waals surface area contributed by atoms with Crippen LogP contribution in [0.2, 0.25) is 5.02 Å². The standard InChI is InChI=1S/C22H26ClFN2O3/c1-3-13-25-22(28)19(4-2)26(14-16-9-5-6-10-17(16)23)21(27)15-29-20-12-8-7-11-18(20)24/h5-12,19H,3-4,13-15H2,1-2H3,(H,25,28)/t19-/m1/s1. The Morgan fingerprint density at radius 3 is 2.48 bits per heavy atom. The lowest BCUT2D eigenvalue weighted by molar-refractivity contribution is -0.143. The van der Waals surface area contributed by atoms with Gasteiger partial charge >= 0.3 is 0 Å². The van der Waals surface area contributed by atoms with Crippen LogP contribution in [0, 0.1) is 5.82 Å². The Labute approximate surface area is 175 Å². The van der Waals surface area contributed by atoms with Crippen LogP contribution >= 0.6 is 11.6 Å². The van der Waals surface area contributed by atoms with Crippen molar-refractivity contribution in [3.63, 3.8) is 0 Å². The second-order valence-electron chi connectivity index (χ2n) is 6.55. The predicted molar refractivity (Wildman–Crippen MR) is 111 cm³/mol. The van der Waals surface area contributed by atoms with Crippen LogP contribution in [0.25, 0.3) is 0 Å². The van der Waals surface area contributed by atoms with Gasteiger partial charge in [-0.15, -0.1) is 0 Å². The van der Waals surface area contributed by atoms with Gasteiger partial charge in [-0.3, -0.25) is 9.59 Å². The first-order valence-corrected chi connectivity index (χ1v) is 10.0. The van der Waals surface area contributed by atoms with Gasteiger partial charge in [-0.05, 0) is 36.6 Å². The van der Waals surface area contributed by atoms with Crippen molar-refractivity contribution in [1.29, 1.82) is 0 Å². The highest BCUT2D eigenvalue weighted by Crippen LogP contribution is 2.21. The van der Waals surface area contributed by atoms with E-state index in [9.17, 15) is 14.0 Å². The van der Waals surface area contributed by atoms with Gasteiger partial charge in [0.1, 0.15) is 6.04 Å². The van der Waals surface area contributed by atoms with Crippen molar-refractivity contribution in [2.75, 3.05) is 13.2 Å². The summed E-state index contributed by atoms with van der Waals surface area (Å²) in [5.74, 6) is -1.22. The summed E-state index contributed by atoms with van der Waals surface area (Å²) in [5, 5.41) is 3.34. The van der Waals surface area contributed by atoms with Gasteiger partial charge in [-0.2, -0.15) is 0 Å². The van der Waals surface area contributed by atoms with Gasteiger partial charge in [0, 0.05) is 18.1 Å². The highest BCUT2D eigenvalue weighted by Gasteiger charge is 2.29. The van der Waals surface area contributed by atoms with E-state index in [4.69, 9.17) is 16.3 Å². The molecule has 2 aromatic rings. The fourth-order valence-electron chi connectivity index (χ4n) is 2.88. The third-order valence-electron chi connectivity index (χ3n) is 4.42. The first-order valence-electron chi connectivity index (χ1n) is 9.65. The number of rotatable bonds is 10. The molecule has 2 rings (SSSR count). The molecule has 29 heavy (non-hydrogen) atoms. The number of nitrogens with one attached hydrogen (secondary N) is 1. The maximum absolute atomic E-state index is 13.8. The smallest absolute Gasteiger partial charge is 0.261 e. The molecule has 0 aliphatic heterocycles. The van der Waals surface area contributed by atoms with Crippen LogP contribution in [0.1, 0.15) is 32.3 Å². The SMILES string of the molecule is CCCNC(=O)[C@@H](CC)N(Cc1ccccc1Cl)C(=O)COc1ccccc1F. The lowest BCUT2D eigenvalue weighted by Crippen LogP contribution is -2.50. The van der Waals surface area contributed by atoms with Crippen molar-refractivity contribution >= 4 is 23.4 Å². The summed E-state index contributed by atoms with van der Waals surface area (Å²) >= 11 is 6.26. The van der Waals surface area contributed by atoms with Gasteiger partial charge in [-0.1, -0.05) is 55.8 Å². The molecule has 0 aliphatic rings. The van der Waals surface area contributed by atoms with Crippen LogP contribution in [-0.4, -0.2) is 35.9 Å². The molecular formula is C22H26ClFN2O3. The molecular weight excluding hydrogens is 395 g/mol. The van der Waals surface area contributed by atoms with Crippen molar-refractivity contribution in [1.82, 2.24) is 10.2 Å². The summed E-state index contributed by atoms with van der Waals surface area (Å²) in [7, 11) is 0. The van der Waals surface area contributed by atoms with Crippen molar-refractivity contribution in [2.45, 2.75) is 39.3 Å². The average molecular weight is 421 g/mol. The zero-order chi connectivity index (χ0) is 21.2. The van der Waals surface area contributed by atoms with Crippen LogP contribution in [0.5, 0.6) is 5.75 Å². The van der Waals surface area contributed by atoms with Crippen LogP contribution in [0.15, 0.2) is 48.5 Å². The molecule has 0 spiro atoms. The van der Waals surface area contributed by atoms with Crippen molar-refractivity contribution in [3.8, 4) is 5.75 Å². The summed E-state index contributed by atoms with van der Waals surface area (Å²) in [6, 6.07) is 12.3. The van der Waals surface area contributed by atoms with Crippen molar-refractivity contribution in [2.24, 2.45) is 0 Å². The summed E-state index contributed by atoms with van der Waals surface area (Å²) in [6.45, 7) is 4.08. The molecule has 0 aliphatic carbocycles. The Balaban J connectivity index is 2.22. The van der Waals surface area contributed by atoms with Gasteiger partial charge in [0.15, 0.2) is 18.2 Å². The third kappa shape index (κ3) is 6.46. The third-order valence-corrected chi connectivity index (χ3v) is 4.79. The number of nitrogens with zero attached hydrogens (tertiary/aromatic N) is 1. The molecule has 0 fully saturated rings. The van der Waals surface area contributed by atoms with E-state index in [2.05, 4.69) is 5.32 Å². The number of para-hydroxylation sites is 1. The Morgan fingerprint density at radius 2 is 1.83 bits per heavy atom. The first-order chi connectivity index (χ1) is 14.0. The summed E-state index contributed by atoms with van der Waals surface area (Å²) in [6.07, 6.45) is 1.21. The van der Waals surface area contributed by atoms with Gasteiger partial charge in [-0.25, -0.2) is 4.39 Å². The largest absolute Gasteiger partial charge is 0.481 e. The molecule has 0 aromatic heterocycles.